The molecule has 0 radical (unpaired) electrons. The van der Waals surface area contributed by atoms with Gasteiger partial charge < -0.3 is 4.74 Å². The number of benzene rings is 3. The van der Waals surface area contributed by atoms with E-state index in [0.717, 1.165) is 40.7 Å². The van der Waals surface area contributed by atoms with E-state index in [1.165, 1.54) is 5.56 Å². The number of pyridine rings is 1. The normalized spacial score (nSPS) is 16.3. The van der Waals surface area contributed by atoms with Gasteiger partial charge in [0.05, 0.1) is 6.04 Å². The van der Waals surface area contributed by atoms with Crippen molar-refractivity contribution in [3.8, 4) is 5.75 Å². The third-order valence-electron chi connectivity index (χ3n) is 5.58. The van der Waals surface area contributed by atoms with Crippen molar-refractivity contribution in [2.45, 2.75) is 12.5 Å². The Morgan fingerprint density at radius 2 is 1.77 bits per heavy atom. The Bertz CT molecular complexity index is 1200. The average molecular weight is 435 g/mol. The summed E-state index contributed by atoms with van der Waals surface area (Å²) >= 11 is 12.8. The molecule has 1 aliphatic rings. The highest BCUT2D eigenvalue weighted by molar-refractivity contribution is 6.35. The number of halogens is 2. The molecule has 0 saturated carbocycles. The molecule has 2 heterocycles. The molecule has 3 aromatic carbocycles. The van der Waals surface area contributed by atoms with Gasteiger partial charge in [0.15, 0.2) is 5.75 Å². The van der Waals surface area contributed by atoms with Crippen LogP contribution in [-0.4, -0.2) is 23.2 Å². The molecule has 1 aliphatic heterocycles. The van der Waals surface area contributed by atoms with Gasteiger partial charge in [0, 0.05) is 33.7 Å². The van der Waals surface area contributed by atoms with Gasteiger partial charge >= 0.3 is 0 Å². The summed E-state index contributed by atoms with van der Waals surface area (Å²) in [5.74, 6) is 0.833. The molecule has 0 fully saturated rings. The van der Waals surface area contributed by atoms with Gasteiger partial charge in [0.1, 0.15) is 12.2 Å². The van der Waals surface area contributed by atoms with Crippen molar-refractivity contribution >= 4 is 34.1 Å². The molecule has 1 unspecified atom stereocenters. The molecule has 0 saturated heterocycles. The molecule has 30 heavy (non-hydrogen) atoms. The molecular weight excluding hydrogens is 415 g/mol. The maximum Gasteiger partial charge on any atom is 0.152 e. The molecule has 5 rings (SSSR count). The van der Waals surface area contributed by atoms with Crippen LogP contribution in [0.25, 0.3) is 10.9 Å². The van der Waals surface area contributed by atoms with E-state index in [0.29, 0.717) is 16.8 Å². The van der Waals surface area contributed by atoms with Crippen LogP contribution < -0.4 is 4.74 Å². The van der Waals surface area contributed by atoms with Crippen LogP contribution in [0.4, 0.5) is 0 Å². The van der Waals surface area contributed by atoms with Crippen molar-refractivity contribution in [3.05, 3.63) is 106 Å². The van der Waals surface area contributed by atoms with E-state index in [-0.39, 0.29) is 6.04 Å². The van der Waals surface area contributed by atoms with Gasteiger partial charge in [-0.3, -0.25) is 9.88 Å². The Balaban J connectivity index is 1.58. The van der Waals surface area contributed by atoms with Crippen molar-refractivity contribution in [1.82, 2.24) is 9.88 Å². The summed E-state index contributed by atoms with van der Waals surface area (Å²) in [4.78, 5) is 6.90. The van der Waals surface area contributed by atoms with E-state index in [1.807, 2.05) is 30.3 Å². The standard InChI is InChI=1S/C25H20Cl2N2O/c26-19-9-11-20(22(27)15-19)24-21-10-8-18-7-4-13-28-23(18)25(21)30-16-29(24)14-12-17-5-2-1-3-6-17/h1-11,13,15,24H,12,14,16H2. The average Bonchev–Trinajstić information content (AvgIpc) is 2.78. The van der Waals surface area contributed by atoms with E-state index >= 15 is 0 Å². The van der Waals surface area contributed by atoms with Crippen molar-refractivity contribution in [1.29, 1.82) is 0 Å². The molecule has 3 nitrogen and oxygen atoms in total. The van der Waals surface area contributed by atoms with Gasteiger partial charge in [0.2, 0.25) is 0 Å². The Kier molecular flexibility index (Phi) is 5.34. The summed E-state index contributed by atoms with van der Waals surface area (Å²) in [6.07, 6.45) is 2.73. The monoisotopic (exact) mass is 434 g/mol. The molecule has 4 aromatic rings. The Morgan fingerprint density at radius 1 is 0.933 bits per heavy atom. The number of nitrogens with zero attached hydrogens (tertiary/aromatic N) is 2. The lowest BCUT2D eigenvalue weighted by molar-refractivity contribution is 0.0759. The van der Waals surface area contributed by atoms with Crippen LogP contribution >= 0.6 is 23.2 Å². The molecule has 0 spiro atoms. The van der Waals surface area contributed by atoms with Crippen molar-refractivity contribution < 1.29 is 4.74 Å². The Labute approximate surface area is 185 Å². The minimum atomic E-state index is -0.0337. The number of hydrogen-bond donors (Lipinski definition) is 0. The fourth-order valence-electron chi connectivity index (χ4n) is 4.12. The highest BCUT2D eigenvalue weighted by Crippen LogP contribution is 2.44. The minimum Gasteiger partial charge on any atom is -0.475 e. The van der Waals surface area contributed by atoms with Crippen molar-refractivity contribution in [2.75, 3.05) is 13.3 Å². The first-order valence-electron chi connectivity index (χ1n) is 9.94. The zero-order chi connectivity index (χ0) is 20.5. The topological polar surface area (TPSA) is 25.4 Å². The summed E-state index contributed by atoms with van der Waals surface area (Å²) in [7, 11) is 0. The first-order chi connectivity index (χ1) is 14.7. The van der Waals surface area contributed by atoms with Crippen LogP contribution in [0.1, 0.15) is 22.7 Å². The number of aromatic nitrogens is 1. The Morgan fingerprint density at radius 3 is 2.60 bits per heavy atom. The predicted octanol–water partition coefficient (Wildman–Crippen LogP) is 6.53. The fourth-order valence-corrected chi connectivity index (χ4v) is 4.63. The van der Waals surface area contributed by atoms with Crippen LogP contribution in [-0.2, 0) is 6.42 Å². The second-order valence-corrected chi connectivity index (χ2v) is 8.29. The molecular formula is C25H20Cl2N2O. The minimum absolute atomic E-state index is 0.0337. The summed E-state index contributed by atoms with van der Waals surface area (Å²) in [6, 6.07) is 24.4. The summed E-state index contributed by atoms with van der Waals surface area (Å²) in [5.41, 5.74) is 4.27. The zero-order valence-electron chi connectivity index (χ0n) is 16.3. The quantitative estimate of drug-likeness (QED) is 0.365. The van der Waals surface area contributed by atoms with Crippen molar-refractivity contribution in [2.24, 2.45) is 0 Å². The third kappa shape index (κ3) is 3.65. The zero-order valence-corrected chi connectivity index (χ0v) is 17.8. The first-order valence-corrected chi connectivity index (χ1v) is 10.7. The molecule has 0 aliphatic carbocycles. The van der Waals surface area contributed by atoms with Crippen molar-refractivity contribution in [3.63, 3.8) is 0 Å². The predicted molar refractivity (Wildman–Crippen MR) is 122 cm³/mol. The van der Waals surface area contributed by atoms with E-state index in [4.69, 9.17) is 27.9 Å². The van der Waals surface area contributed by atoms with E-state index < -0.39 is 0 Å². The van der Waals surface area contributed by atoms with Gasteiger partial charge in [0.25, 0.3) is 0 Å². The lowest BCUT2D eigenvalue weighted by Crippen LogP contribution is -2.38. The third-order valence-corrected chi connectivity index (χ3v) is 6.14. The highest BCUT2D eigenvalue weighted by Gasteiger charge is 2.32. The molecule has 0 amide bonds. The van der Waals surface area contributed by atoms with Crippen LogP contribution in [0.3, 0.4) is 0 Å². The summed E-state index contributed by atoms with van der Waals surface area (Å²) < 4.78 is 6.25. The largest absolute Gasteiger partial charge is 0.475 e. The fraction of sp³-hybridized carbons (Fsp3) is 0.160. The molecule has 1 atom stereocenters. The van der Waals surface area contributed by atoms with Gasteiger partial charge in [-0.15, -0.1) is 0 Å². The SMILES string of the molecule is Clc1ccc(C2c3ccc4cccnc4c3OCN2CCc2ccccc2)c(Cl)c1. The second kappa shape index (κ2) is 8.27. The number of ether oxygens (including phenoxy) is 1. The van der Waals surface area contributed by atoms with E-state index in [1.54, 1.807) is 6.20 Å². The maximum atomic E-state index is 6.66. The lowest BCUT2D eigenvalue weighted by atomic mass is 9.93. The van der Waals surface area contributed by atoms with Gasteiger partial charge in [-0.2, -0.15) is 0 Å². The van der Waals surface area contributed by atoms with Crippen LogP contribution in [0, 0.1) is 0 Å². The van der Waals surface area contributed by atoms with Gasteiger partial charge in [-0.25, -0.2) is 0 Å². The van der Waals surface area contributed by atoms with E-state index in [2.05, 4.69) is 52.3 Å². The Hall–Kier alpha value is -2.59. The number of fused-ring (bicyclic) bond motifs is 3. The van der Waals surface area contributed by atoms with Crippen LogP contribution in [0.15, 0.2) is 79.0 Å². The van der Waals surface area contributed by atoms with Crippen LogP contribution in [0.2, 0.25) is 10.0 Å². The molecule has 5 heteroatoms. The van der Waals surface area contributed by atoms with E-state index in [9.17, 15) is 0 Å². The number of rotatable bonds is 4. The van der Waals surface area contributed by atoms with Gasteiger partial charge in [-0.1, -0.05) is 77.8 Å². The molecule has 0 bridgehead atoms. The number of hydrogen-bond acceptors (Lipinski definition) is 3. The molecule has 1 aromatic heterocycles. The second-order valence-electron chi connectivity index (χ2n) is 7.45. The summed E-state index contributed by atoms with van der Waals surface area (Å²) in [6.45, 7) is 1.31. The van der Waals surface area contributed by atoms with Crippen LogP contribution in [0.5, 0.6) is 5.75 Å². The van der Waals surface area contributed by atoms with Gasteiger partial charge in [-0.05, 0) is 35.7 Å². The molecule has 150 valence electrons. The maximum absolute atomic E-state index is 6.66. The smallest absolute Gasteiger partial charge is 0.152 e. The molecule has 0 N–H and O–H groups in total. The lowest BCUT2D eigenvalue weighted by Gasteiger charge is -2.38. The first kappa shape index (κ1) is 19.4. The summed E-state index contributed by atoms with van der Waals surface area (Å²) in [5, 5.41) is 2.35. The highest BCUT2D eigenvalue weighted by atomic mass is 35.5.